The summed E-state index contributed by atoms with van der Waals surface area (Å²) in [5.41, 5.74) is 0.495. The molecule has 0 saturated heterocycles. The van der Waals surface area contributed by atoms with Gasteiger partial charge in [-0.3, -0.25) is 4.79 Å². The summed E-state index contributed by atoms with van der Waals surface area (Å²) in [6, 6.07) is 0. The average molecular weight is 183 g/mol. The van der Waals surface area contributed by atoms with Crippen molar-refractivity contribution < 1.29 is 9.86 Å². The third-order valence-corrected chi connectivity index (χ3v) is 3.27. The van der Waals surface area contributed by atoms with Gasteiger partial charge in [-0.05, 0) is 40.2 Å². The molecule has 0 spiro atoms. The highest BCUT2D eigenvalue weighted by Crippen LogP contribution is 2.29. The van der Waals surface area contributed by atoms with Crippen molar-refractivity contribution in [2.45, 2.75) is 45.7 Å². The van der Waals surface area contributed by atoms with Gasteiger partial charge in [0.2, 0.25) is 0 Å². The van der Waals surface area contributed by atoms with Crippen LogP contribution in [0.25, 0.3) is 0 Å². The van der Waals surface area contributed by atoms with E-state index in [0.717, 1.165) is 11.9 Å². The molecule has 0 bridgehead atoms. The van der Waals surface area contributed by atoms with Gasteiger partial charge < -0.3 is 10.3 Å². The van der Waals surface area contributed by atoms with E-state index in [0.29, 0.717) is 5.57 Å². The molecule has 1 rings (SSSR count). The van der Waals surface area contributed by atoms with Gasteiger partial charge in [-0.15, -0.1) is 0 Å². The van der Waals surface area contributed by atoms with Gasteiger partial charge in [0.15, 0.2) is 6.29 Å². The van der Waals surface area contributed by atoms with Crippen molar-refractivity contribution in [1.29, 1.82) is 0 Å². The Labute approximate surface area is 79.0 Å². The summed E-state index contributed by atoms with van der Waals surface area (Å²) >= 11 is 0. The lowest BCUT2D eigenvalue weighted by atomic mass is 9.93. The molecule has 0 aromatic heterocycles. The number of nitrogens with one attached hydrogen (secondary N) is 1. The Balaban J connectivity index is 3.31. The van der Waals surface area contributed by atoms with Crippen molar-refractivity contribution in [3.8, 4) is 0 Å². The number of hydroxylamine groups is 2. The molecular formula is C10H17NO2. The highest BCUT2D eigenvalue weighted by atomic mass is 16.5. The predicted octanol–water partition coefficient (Wildman–Crippen LogP) is 0.455. The number of carbonyl (C=O) groups excluding carboxylic acids is 1. The molecular weight excluding hydrogens is 166 g/mol. The quantitative estimate of drug-likeness (QED) is 0.474. The minimum atomic E-state index is -0.602. The van der Waals surface area contributed by atoms with E-state index in [1.54, 1.807) is 0 Å². The topological polar surface area (TPSA) is 44.6 Å². The van der Waals surface area contributed by atoms with Crippen molar-refractivity contribution in [2.75, 3.05) is 0 Å². The smallest absolute Gasteiger partial charge is 0.152 e. The second kappa shape index (κ2) is 2.66. The van der Waals surface area contributed by atoms with E-state index < -0.39 is 11.1 Å². The summed E-state index contributed by atoms with van der Waals surface area (Å²) in [4.78, 5) is 10.9. The average Bonchev–Trinajstić information content (AvgIpc) is 2.12. The Morgan fingerprint density at radius 1 is 1.23 bits per heavy atom. The summed E-state index contributed by atoms with van der Waals surface area (Å²) in [5.74, 6) is 0. The van der Waals surface area contributed by atoms with E-state index in [2.05, 4.69) is 0 Å². The second-order valence-corrected chi connectivity index (χ2v) is 4.74. The van der Waals surface area contributed by atoms with E-state index in [1.807, 2.05) is 34.6 Å². The number of hydrogen-bond donors (Lipinski definition) is 1. The van der Waals surface area contributed by atoms with Gasteiger partial charge in [-0.1, -0.05) is 0 Å². The minimum absolute atomic E-state index is 0.139. The zero-order chi connectivity index (χ0) is 10.4. The van der Waals surface area contributed by atoms with Crippen LogP contribution in [-0.2, 0) is 4.79 Å². The van der Waals surface area contributed by atoms with Gasteiger partial charge in [-0.2, -0.15) is 0 Å². The third-order valence-electron chi connectivity index (χ3n) is 3.27. The molecule has 1 heterocycles. The molecule has 0 aromatic rings. The molecule has 1 aliphatic rings. The zero-order valence-electron chi connectivity index (χ0n) is 8.89. The standard InChI is InChI=1S/C10H17NO2/c1-7-8(6-12)10(4,5)11(13)9(7,2)3/h6,11H,1-5H3. The molecule has 1 atom stereocenters. The van der Waals surface area contributed by atoms with Gasteiger partial charge in [0.05, 0.1) is 5.57 Å². The zero-order valence-corrected chi connectivity index (χ0v) is 8.89. The highest BCUT2D eigenvalue weighted by Gasteiger charge is 2.49. The molecule has 3 nitrogen and oxygen atoms in total. The number of carbonyl (C=O) groups is 1. The lowest BCUT2D eigenvalue weighted by Crippen LogP contribution is -3.20. The molecule has 0 aromatic carbocycles. The summed E-state index contributed by atoms with van der Waals surface area (Å²) in [7, 11) is 0. The third kappa shape index (κ3) is 1.15. The van der Waals surface area contributed by atoms with Crippen molar-refractivity contribution in [3.05, 3.63) is 16.4 Å². The van der Waals surface area contributed by atoms with Crippen molar-refractivity contribution in [2.24, 2.45) is 0 Å². The van der Waals surface area contributed by atoms with Crippen LogP contribution in [0.3, 0.4) is 0 Å². The summed E-state index contributed by atoms with van der Waals surface area (Å²) in [6.45, 7) is 9.26. The molecule has 74 valence electrons. The molecule has 0 aliphatic carbocycles. The molecule has 13 heavy (non-hydrogen) atoms. The maximum atomic E-state index is 11.9. The monoisotopic (exact) mass is 183 g/mol. The van der Waals surface area contributed by atoms with Crippen LogP contribution in [0.15, 0.2) is 11.1 Å². The predicted molar refractivity (Wildman–Crippen MR) is 51.3 cm³/mol. The summed E-state index contributed by atoms with van der Waals surface area (Å²) in [5, 5.41) is 12.1. The van der Waals surface area contributed by atoms with E-state index in [4.69, 9.17) is 0 Å². The SMILES string of the molecule is CC1=C(C=O)C(C)(C)[NH+]([O-])C1(C)C. The van der Waals surface area contributed by atoms with Crippen LogP contribution in [0.2, 0.25) is 0 Å². The van der Waals surface area contributed by atoms with Crippen LogP contribution in [0.1, 0.15) is 34.6 Å². The van der Waals surface area contributed by atoms with E-state index in [1.165, 1.54) is 0 Å². The van der Waals surface area contributed by atoms with Crippen LogP contribution in [0.4, 0.5) is 0 Å². The number of aldehydes is 1. The van der Waals surface area contributed by atoms with Crippen LogP contribution in [0, 0.1) is 5.21 Å². The largest absolute Gasteiger partial charge is 0.633 e. The number of quaternary nitrogens is 1. The molecule has 0 saturated carbocycles. The van der Waals surface area contributed by atoms with E-state index in [9.17, 15) is 10.0 Å². The normalized spacial score (nSPS) is 30.8. The van der Waals surface area contributed by atoms with Crippen LogP contribution in [0.5, 0.6) is 0 Å². The molecule has 0 amide bonds. The highest BCUT2D eigenvalue weighted by molar-refractivity contribution is 5.78. The van der Waals surface area contributed by atoms with E-state index >= 15 is 0 Å². The Kier molecular flexibility index (Phi) is 2.13. The Bertz CT molecular complexity index is 277. The fraction of sp³-hybridized carbons (Fsp3) is 0.700. The lowest BCUT2D eigenvalue weighted by molar-refractivity contribution is -0.928. The van der Waals surface area contributed by atoms with Gasteiger partial charge >= 0.3 is 0 Å². The minimum Gasteiger partial charge on any atom is -0.633 e. The fourth-order valence-corrected chi connectivity index (χ4v) is 2.11. The lowest BCUT2D eigenvalue weighted by Gasteiger charge is -2.41. The first-order valence-electron chi connectivity index (χ1n) is 4.48. The second-order valence-electron chi connectivity index (χ2n) is 4.74. The first-order chi connectivity index (χ1) is 5.76. The molecule has 1 N–H and O–H groups in total. The molecule has 0 radical (unpaired) electrons. The Morgan fingerprint density at radius 3 is 1.85 bits per heavy atom. The Hall–Kier alpha value is -0.670. The van der Waals surface area contributed by atoms with Gasteiger partial charge in [0, 0.05) is 0 Å². The first kappa shape index (κ1) is 10.4. The van der Waals surface area contributed by atoms with E-state index in [-0.39, 0.29) is 5.06 Å². The fourth-order valence-electron chi connectivity index (χ4n) is 2.11. The van der Waals surface area contributed by atoms with Gasteiger partial charge in [0.25, 0.3) is 0 Å². The maximum Gasteiger partial charge on any atom is 0.152 e. The van der Waals surface area contributed by atoms with Gasteiger partial charge in [-0.25, -0.2) is 0 Å². The number of rotatable bonds is 1. The maximum absolute atomic E-state index is 11.9. The van der Waals surface area contributed by atoms with Crippen LogP contribution < -0.4 is 5.06 Å². The number of hydrogen-bond acceptors (Lipinski definition) is 2. The van der Waals surface area contributed by atoms with Gasteiger partial charge in [0.1, 0.15) is 11.1 Å². The molecule has 3 heteroatoms. The summed E-state index contributed by atoms with van der Waals surface area (Å²) in [6.07, 6.45) is 0.821. The van der Waals surface area contributed by atoms with Crippen molar-refractivity contribution >= 4 is 6.29 Å². The van der Waals surface area contributed by atoms with Crippen LogP contribution >= 0.6 is 0 Å². The van der Waals surface area contributed by atoms with Crippen molar-refractivity contribution in [3.63, 3.8) is 0 Å². The Morgan fingerprint density at radius 2 is 1.69 bits per heavy atom. The van der Waals surface area contributed by atoms with Crippen molar-refractivity contribution in [1.82, 2.24) is 0 Å². The molecule has 1 unspecified atom stereocenters. The first-order valence-corrected chi connectivity index (χ1v) is 4.48. The molecule has 1 aliphatic heterocycles. The molecule has 0 fully saturated rings. The van der Waals surface area contributed by atoms with Crippen LogP contribution in [-0.4, -0.2) is 17.4 Å². The summed E-state index contributed by atoms with van der Waals surface area (Å²) < 4.78 is 0.